The van der Waals surface area contributed by atoms with Crippen LogP contribution in [0.15, 0.2) is 0 Å². The zero-order chi connectivity index (χ0) is 10.8. The highest BCUT2D eigenvalue weighted by atomic mass is 16.5. The number of terminal acetylenes is 1. The van der Waals surface area contributed by atoms with Crippen molar-refractivity contribution < 1.29 is 14.3 Å². The zero-order valence-electron chi connectivity index (χ0n) is 8.13. The minimum Gasteiger partial charge on any atom is -0.469 e. The van der Waals surface area contributed by atoms with E-state index in [-0.39, 0.29) is 31.4 Å². The summed E-state index contributed by atoms with van der Waals surface area (Å²) in [6.07, 6.45) is 5.15. The van der Waals surface area contributed by atoms with Gasteiger partial charge in [0.1, 0.15) is 0 Å². The van der Waals surface area contributed by atoms with Gasteiger partial charge in [-0.15, -0.1) is 6.42 Å². The van der Waals surface area contributed by atoms with Gasteiger partial charge in [-0.1, -0.05) is 5.92 Å². The summed E-state index contributed by atoms with van der Waals surface area (Å²) in [7, 11) is 1.30. The van der Waals surface area contributed by atoms with Crippen LogP contribution in [-0.4, -0.2) is 38.6 Å². The van der Waals surface area contributed by atoms with Crippen LogP contribution >= 0.6 is 0 Å². The summed E-state index contributed by atoms with van der Waals surface area (Å²) >= 11 is 0. The monoisotopic (exact) mass is 198 g/mol. The van der Waals surface area contributed by atoms with E-state index in [0.717, 1.165) is 0 Å². The first kappa shape index (κ1) is 12.5. The molecule has 1 amide bonds. The molecule has 0 saturated carbocycles. The molecule has 0 fully saturated rings. The molecular formula is C9H14N2O3. The predicted octanol–water partition coefficient (Wildman–Crippen LogP) is -1.11. The number of nitrogens with one attached hydrogen (secondary N) is 2. The van der Waals surface area contributed by atoms with Crippen molar-refractivity contribution in [1.29, 1.82) is 0 Å². The van der Waals surface area contributed by atoms with E-state index in [1.807, 2.05) is 0 Å². The molecule has 0 aromatic heterocycles. The minimum atomic E-state index is -0.345. The van der Waals surface area contributed by atoms with E-state index in [2.05, 4.69) is 21.3 Å². The average molecular weight is 198 g/mol. The highest BCUT2D eigenvalue weighted by molar-refractivity contribution is 5.78. The Morgan fingerprint density at radius 2 is 2.21 bits per heavy atom. The van der Waals surface area contributed by atoms with Crippen molar-refractivity contribution in [3.8, 4) is 12.3 Å². The Morgan fingerprint density at radius 1 is 1.50 bits per heavy atom. The van der Waals surface area contributed by atoms with Gasteiger partial charge in [0, 0.05) is 6.54 Å². The number of amides is 1. The average Bonchev–Trinajstić information content (AvgIpc) is 2.18. The van der Waals surface area contributed by atoms with Crippen molar-refractivity contribution in [2.45, 2.75) is 6.42 Å². The maximum Gasteiger partial charge on any atom is 0.307 e. The van der Waals surface area contributed by atoms with Gasteiger partial charge in [-0.25, -0.2) is 0 Å². The Hall–Kier alpha value is -1.54. The van der Waals surface area contributed by atoms with E-state index < -0.39 is 0 Å². The number of hydrogen-bond acceptors (Lipinski definition) is 4. The molecule has 0 aliphatic carbocycles. The lowest BCUT2D eigenvalue weighted by atomic mass is 10.4. The van der Waals surface area contributed by atoms with Gasteiger partial charge >= 0.3 is 5.97 Å². The summed E-state index contributed by atoms with van der Waals surface area (Å²) < 4.78 is 4.40. The molecule has 0 unspecified atom stereocenters. The molecule has 0 aliphatic rings. The summed E-state index contributed by atoms with van der Waals surface area (Å²) in [6, 6.07) is 0. The number of rotatable bonds is 6. The first-order valence-corrected chi connectivity index (χ1v) is 4.18. The van der Waals surface area contributed by atoms with Crippen molar-refractivity contribution in [3.63, 3.8) is 0 Å². The molecule has 0 aromatic rings. The quantitative estimate of drug-likeness (QED) is 0.322. The fourth-order valence-electron chi connectivity index (χ4n) is 0.717. The lowest BCUT2D eigenvalue weighted by Gasteiger charge is -2.03. The second kappa shape index (κ2) is 8.08. The molecule has 0 spiro atoms. The lowest BCUT2D eigenvalue weighted by molar-refractivity contribution is -0.140. The van der Waals surface area contributed by atoms with Crippen molar-refractivity contribution in [3.05, 3.63) is 0 Å². The van der Waals surface area contributed by atoms with E-state index in [0.29, 0.717) is 6.54 Å². The fourth-order valence-corrected chi connectivity index (χ4v) is 0.717. The third kappa shape index (κ3) is 7.13. The molecule has 0 saturated heterocycles. The van der Waals surface area contributed by atoms with E-state index in [1.54, 1.807) is 0 Å². The Morgan fingerprint density at radius 3 is 2.79 bits per heavy atom. The SMILES string of the molecule is C#CCNCC(=O)NCCC(=O)OC. The Labute approximate surface area is 83.2 Å². The molecule has 2 N–H and O–H groups in total. The van der Waals surface area contributed by atoms with Gasteiger partial charge in [-0.05, 0) is 0 Å². The standard InChI is InChI=1S/C9H14N2O3/c1-3-5-10-7-8(12)11-6-4-9(13)14-2/h1,10H,4-7H2,2H3,(H,11,12). The molecule has 78 valence electrons. The van der Waals surface area contributed by atoms with Gasteiger partial charge in [0.25, 0.3) is 0 Å². The summed E-state index contributed by atoms with van der Waals surface area (Å²) in [5.74, 6) is 1.81. The molecular weight excluding hydrogens is 184 g/mol. The van der Waals surface area contributed by atoms with Crippen LogP contribution in [0.3, 0.4) is 0 Å². The summed E-state index contributed by atoms with van der Waals surface area (Å²) in [6.45, 7) is 0.791. The van der Waals surface area contributed by atoms with Crippen LogP contribution in [0.1, 0.15) is 6.42 Å². The third-order valence-electron chi connectivity index (χ3n) is 1.39. The normalized spacial score (nSPS) is 8.86. The van der Waals surface area contributed by atoms with E-state index in [1.165, 1.54) is 7.11 Å². The van der Waals surface area contributed by atoms with Crippen LogP contribution in [0.5, 0.6) is 0 Å². The number of esters is 1. The molecule has 0 atom stereocenters. The summed E-state index contributed by atoms with van der Waals surface area (Å²) in [4.78, 5) is 21.6. The fraction of sp³-hybridized carbons (Fsp3) is 0.556. The van der Waals surface area contributed by atoms with E-state index >= 15 is 0 Å². The van der Waals surface area contributed by atoms with Crippen LogP contribution in [0.25, 0.3) is 0 Å². The van der Waals surface area contributed by atoms with E-state index in [9.17, 15) is 9.59 Å². The Balaban J connectivity index is 3.36. The topological polar surface area (TPSA) is 67.4 Å². The molecule has 5 heteroatoms. The van der Waals surface area contributed by atoms with Crippen molar-refractivity contribution in [1.82, 2.24) is 10.6 Å². The molecule has 0 radical (unpaired) electrons. The van der Waals surface area contributed by atoms with E-state index in [4.69, 9.17) is 6.42 Å². The number of methoxy groups -OCH3 is 1. The molecule has 0 aliphatic heterocycles. The van der Waals surface area contributed by atoms with Gasteiger partial charge in [-0.3, -0.25) is 14.9 Å². The number of hydrogen-bond donors (Lipinski definition) is 2. The van der Waals surface area contributed by atoms with Crippen LogP contribution in [0.2, 0.25) is 0 Å². The Bertz CT molecular complexity index is 233. The van der Waals surface area contributed by atoms with Gasteiger partial charge in [-0.2, -0.15) is 0 Å². The summed E-state index contributed by atoms with van der Waals surface area (Å²) in [5, 5.41) is 5.26. The molecule has 0 aromatic carbocycles. The summed E-state index contributed by atoms with van der Waals surface area (Å²) in [5.41, 5.74) is 0. The smallest absolute Gasteiger partial charge is 0.307 e. The second-order valence-corrected chi connectivity index (χ2v) is 2.48. The maximum atomic E-state index is 11.0. The zero-order valence-corrected chi connectivity index (χ0v) is 8.13. The highest BCUT2D eigenvalue weighted by Gasteiger charge is 2.02. The Kier molecular flexibility index (Phi) is 7.19. The molecule has 5 nitrogen and oxygen atoms in total. The number of ether oxygens (including phenoxy) is 1. The van der Waals surface area contributed by atoms with Gasteiger partial charge in [0.2, 0.25) is 5.91 Å². The van der Waals surface area contributed by atoms with Crippen molar-refractivity contribution in [2.75, 3.05) is 26.7 Å². The van der Waals surface area contributed by atoms with Gasteiger partial charge in [0.05, 0.1) is 26.6 Å². The molecule has 14 heavy (non-hydrogen) atoms. The first-order chi connectivity index (χ1) is 6.70. The first-order valence-electron chi connectivity index (χ1n) is 4.18. The van der Waals surface area contributed by atoms with Crippen LogP contribution in [0.4, 0.5) is 0 Å². The van der Waals surface area contributed by atoms with Crippen LogP contribution in [-0.2, 0) is 14.3 Å². The highest BCUT2D eigenvalue weighted by Crippen LogP contribution is 1.80. The number of carbonyl (C=O) groups excluding carboxylic acids is 2. The van der Waals surface area contributed by atoms with Crippen molar-refractivity contribution >= 4 is 11.9 Å². The second-order valence-electron chi connectivity index (χ2n) is 2.48. The maximum absolute atomic E-state index is 11.0. The molecule has 0 bridgehead atoms. The van der Waals surface area contributed by atoms with Crippen LogP contribution < -0.4 is 10.6 Å². The van der Waals surface area contributed by atoms with Crippen LogP contribution in [0, 0.1) is 12.3 Å². The predicted molar refractivity (Wildman–Crippen MR) is 51.3 cm³/mol. The largest absolute Gasteiger partial charge is 0.469 e. The van der Waals surface area contributed by atoms with Gasteiger partial charge < -0.3 is 10.1 Å². The lowest BCUT2D eigenvalue weighted by Crippen LogP contribution is -2.35. The van der Waals surface area contributed by atoms with Gasteiger partial charge in [0.15, 0.2) is 0 Å². The van der Waals surface area contributed by atoms with Crippen molar-refractivity contribution in [2.24, 2.45) is 0 Å². The molecule has 0 rings (SSSR count). The number of carbonyl (C=O) groups is 2. The third-order valence-corrected chi connectivity index (χ3v) is 1.39. The minimum absolute atomic E-state index is 0.158. The molecule has 0 heterocycles.